The second kappa shape index (κ2) is 8.53. The number of amides is 2. The smallest absolute Gasteiger partial charge is 0.322 e. The van der Waals surface area contributed by atoms with Crippen LogP contribution < -0.4 is 10.1 Å². The first-order valence-corrected chi connectivity index (χ1v) is 10.2. The average molecular weight is 458 g/mol. The van der Waals surface area contributed by atoms with Crippen molar-refractivity contribution in [3.05, 3.63) is 51.3 Å². The van der Waals surface area contributed by atoms with E-state index in [4.69, 9.17) is 32.7 Å². The van der Waals surface area contributed by atoms with E-state index in [1.807, 2.05) is 0 Å². The normalized spacial score (nSPS) is 19.6. The van der Waals surface area contributed by atoms with Gasteiger partial charge >= 0.3 is 6.03 Å². The van der Waals surface area contributed by atoms with Gasteiger partial charge in [-0.05, 0) is 31.4 Å². The molecule has 3 heterocycles. The number of nitrogens with zero attached hydrogens (tertiary/aromatic N) is 2. The number of urea groups is 1. The quantitative estimate of drug-likeness (QED) is 0.390. The number of rotatable bonds is 5. The van der Waals surface area contributed by atoms with Crippen molar-refractivity contribution in [1.82, 2.24) is 9.88 Å². The first kappa shape index (κ1) is 21.1. The number of hydrogen-bond acceptors (Lipinski definition) is 4. The highest BCUT2D eigenvalue weighted by atomic mass is 35.5. The molecule has 2 aromatic rings. The SMILES string of the molecule is COCCOc1cnc(F)c2c1C1CCC(C2)N1C(=O)Nc1cc(Cl)c(Cl)cc1F. The Bertz CT molecular complexity index is 992. The molecule has 10 heteroatoms. The Morgan fingerprint density at radius 2 is 2.03 bits per heavy atom. The Balaban J connectivity index is 1.63. The highest BCUT2D eigenvalue weighted by Gasteiger charge is 2.45. The number of aromatic nitrogens is 1. The van der Waals surface area contributed by atoms with Gasteiger partial charge in [0, 0.05) is 24.3 Å². The number of nitrogens with one attached hydrogen (secondary N) is 1. The molecule has 2 aliphatic heterocycles. The number of benzene rings is 1. The predicted molar refractivity (Wildman–Crippen MR) is 108 cm³/mol. The average Bonchev–Trinajstić information content (AvgIpc) is 3.02. The van der Waals surface area contributed by atoms with Crippen molar-refractivity contribution in [2.75, 3.05) is 25.6 Å². The minimum Gasteiger partial charge on any atom is -0.489 e. The van der Waals surface area contributed by atoms with Crippen LogP contribution in [0, 0.1) is 11.8 Å². The van der Waals surface area contributed by atoms with Crippen LogP contribution in [0.15, 0.2) is 18.3 Å². The fraction of sp³-hybridized carbons (Fsp3) is 0.400. The van der Waals surface area contributed by atoms with Crippen molar-refractivity contribution in [3.8, 4) is 5.75 Å². The topological polar surface area (TPSA) is 63.7 Å². The number of halogens is 4. The van der Waals surface area contributed by atoms with Gasteiger partial charge < -0.3 is 19.7 Å². The number of methoxy groups -OCH3 is 1. The molecule has 1 aromatic carbocycles. The van der Waals surface area contributed by atoms with Crippen LogP contribution in [0.2, 0.25) is 10.0 Å². The van der Waals surface area contributed by atoms with Crippen molar-refractivity contribution in [2.45, 2.75) is 31.3 Å². The molecule has 0 spiro atoms. The molecule has 1 N–H and O–H groups in total. The molecule has 0 aliphatic carbocycles. The van der Waals surface area contributed by atoms with E-state index >= 15 is 0 Å². The molecule has 1 saturated heterocycles. The third-order valence-corrected chi connectivity index (χ3v) is 6.16. The number of ether oxygens (including phenoxy) is 2. The molecule has 2 amide bonds. The largest absolute Gasteiger partial charge is 0.489 e. The number of carbonyl (C=O) groups is 1. The van der Waals surface area contributed by atoms with Crippen LogP contribution >= 0.6 is 23.2 Å². The van der Waals surface area contributed by atoms with Gasteiger partial charge in [0.1, 0.15) is 18.2 Å². The van der Waals surface area contributed by atoms with Crippen molar-refractivity contribution in [1.29, 1.82) is 0 Å². The maximum atomic E-state index is 14.4. The molecule has 2 unspecified atom stereocenters. The van der Waals surface area contributed by atoms with Gasteiger partial charge in [0.2, 0.25) is 5.95 Å². The fourth-order valence-electron chi connectivity index (χ4n) is 4.14. The van der Waals surface area contributed by atoms with Gasteiger partial charge in [0.15, 0.2) is 0 Å². The van der Waals surface area contributed by atoms with Gasteiger partial charge in [0.05, 0.1) is 34.6 Å². The summed E-state index contributed by atoms with van der Waals surface area (Å²) in [4.78, 5) is 18.5. The van der Waals surface area contributed by atoms with Crippen LogP contribution in [0.3, 0.4) is 0 Å². The maximum Gasteiger partial charge on any atom is 0.322 e. The van der Waals surface area contributed by atoms with E-state index in [2.05, 4.69) is 10.3 Å². The van der Waals surface area contributed by atoms with Crippen LogP contribution in [-0.4, -0.2) is 42.3 Å². The number of carbonyl (C=O) groups excluding carboxylic acids is 1. The summed E-state index contributed by atoms with van der Waals surface area (Å²) in [5, 5.41) is 2.75. The van der Waals surface area contributed by atoms with E-state index in [9.17, 15) is 13.6 Å². The predicted octanol–water partition coefficient (Wildman–Crippen LogP) is 4.99. The van der Waals surface area contributed by atoms with E-state index in [-0.39, 0.29) is 28.4 Å². The third-order valence-electron chi connectivity index (χ3n) is 5.44. The minimum absolute atomic E-state index is 0.0555. The monoisotopic (exact) mass is 457 g/mol. The van der Waals surface area contributed by atoms with Crippen LogP contribution in [0.25, 0.3) is 0 Å². The molecule has 1 aromatic heterocycles. The Morgan fingerprint density at radius 1 is 1.27 bits per heavy atom. The van der Waals surface area contributed by atoms with E-state index < -0.39 is 23.8 Å². The lowest BCUT2D eigenvalue weighted by atomic mass is 9.94. The van der Waals surface area contributed by atoms with Gasteiger partial charge in [-0.3, -0.25) is 0 Å². The lowest BCUT2D eigenvalue weighted by Gasteiger charge is -2.37. The lowest BCUT2D eigenvalue weighted by Crippen LogP contribution is -2.44. The Morgan fingerprint density at radius 3 is 2.80 bits per heavy atom. The van der Waals surface area contributed by atoms with Gasteiger partial charge in [0.25, 0.3) is 0 Å². The number of anilines is 1. The van der Waals surface area contributed by atoms with E-state index in [1.165, 1.54) is 12.3 Å². The van der Waals surface area contributed by atoms with Crippen molar-refractivity contribution >= 4 is 34.9 Å². The molecule has 0 saturated carbocycles. The van der Waals surface area contributed by atoms with Crippen molar-refractivity contribution in [2.24, 2.45) is 0 Å². The zero-order valence-corrected chi connectivity index (χ0v) is 17.6. The molecule has 2 bridgehead atoms. The summed E-state index contributed by atoms with van der Waals surface area (Å²) in [6.07, 6.45) is 2.97. The Kier molecular flexibility index (Phi) is 5.99. The molecule has 30 heavy (non-hydrogen) atoms. The molecule has 2 atom stereocenters. The first-order chi connectivity index (χ1) is 14.4. The molecule has 4 rings (SSSR count). The zero-order chi connectivity index (χ0) is 21.4. The van der Waals surface area contributed by atoms with Crippen molar-refractivity contribution < 1.29 is 23.0 Å². The summed E-state index contributed by atoms with van der Waals surface area (Å²) in [6, 6.07) is 1.19. The second-order valence-corrected chi connectivity index (χ2v) is 8.00. The summed E-state index contributed by atoms with van der Waals surface area (Å²) in [6.45, 7) is 0.632. The highest BCUT2D eigenvalue weighted by molar-refractivity contribution is 6.42. The molecule has 2 aliphatic rings. The highest BCUT2D eigenvalue weighted by Crippen LogP contribution is 2.48. The Labute approximate surface area is 182 Å². The van der Waals surface area contributed by atoms with Crippen LogP contribution in [0.1, 0.15) is 30.0 Å². The summed E-state index contributed by atoms with van der Waals surface area (Å²) in [5.41, 5.74) is 0.997. The first-order valence-electron chi connectivity index (χ1n) is 9.43. The lowest BCUT2D eigenvalue weighted by molar-refractivity contribution is 0.141. The van der Waals surface area contributed by atoms with Crippen molar-refractivity contribution in [3.63, 3.8) is 0 Å². The number of hydrogen-bond donors (Lipinski definition) is 1. The molecule has 0 radical (unpaired) electrons. The number of fused-ring (bicyclic) bond motifs is 4. The molecule has 160 valence electrons. The molecular weight excluding hydrogens is 439 g/mol. The molecule has 6 nitrogen and oxygen atoms in total. The van der Waals surface area contributed by atoms with Gasteiger partial charge in [-0.25, -0.2) is 14.2 Å². The summed E-state index contributed by atoms with van der Waals surface area (Å²) >= 11 is 11.8. The van der Waals surface area contributed by atoms with E-state index in [1.54, 1.807) is 12.0 Å². The van der Waals surface area contributed by atoms with Crippen LogP contribution in [0.4, 0.5) is 19.3 Å². The van der Waals surface area contributed by atoms with Crippen LogP contribution in [-0.2, 0) is 11.2 Å². The van der Waals surface area contributed by atoms with Gasteiger partial charge in [-0.1, -0.05) is 23.2 Å². The minimum atomic E-state index is -0.693. The van der Waals surface area contributed by atoms with Gasteiger partial charge in [-0.15, -0.1) is 0 Å². The number of pyridine rings is 1. The van der Waals surface area contributed by atoms with Crippen LogP contribution in [0.5, 0.6) is 5.75 Å². The maximum absolute atomic E-state index is 14.4. The summed E-state index contributed by atoms with van der Waals surface area (Å²) < 4.78 is 39.4. The second-order valence-electron chi connectivity index (χ2n) is 7.18. The summed E-state index contributed by atoms with van der Waals surface area (Å²) in [7, 11) is 1.55. The standard InChI is InChI=1S/C20H19Cl2F2N3O3/c1-29-4-5-30-17-9-25-19(24)11-6-10-2-3-16(18(11)17)27(10)20(28)26-15-8-13(22)12(21)7-14(15)23/h7-10,16H,2-6H2,1H3,(H,26,28). The molecule has 1 fully saturated rings. The zero-order valence-electron chi connectivity index (χ0n) is 16.1. The van der Waals surface area contributed by atoms with E-state index in [0.717, 1.165) is 6.07 Å². The fourth-order valence-corrected chi connectivity index (χ4v) is 4.45. The van der Waals surface area contributed by atoms with Gasteiger partial charge in [-0.2, -0.15) is 4.39 Å². The van der Waals surface area contributed by atoms with E-state index in [0.29, 0.717) is 42.7 Å². The molecular formula is C20H19Cl2F2N3O3. The third kappa shape index (κ3) is 3.79. The Hall–Kier alpha value is -2.16. The summed E-state index contributed by atoms with van der Waals surface area (Å²) in [5.74, 6) is -0.828.